The van der Waals surface area contributed by atoms with Crippen molar-refractivity contribution >= 4 is 0 Å². The minimum absolute atomic E-state index is 0.134. The van der Waals surface area contributed by atoms with Crippen molar-refractivity contribution < 1.29 is 13.2 Å². The molecular formula is C14H19F3N2. The maximum atomic E-state index is 12.5. The summed E-state index contributed by atoms with van der Waals surface area (Å²) in [6.45, 7) is 3.84. The van der Waals surface area contributed by atoms with Gasteiger partial charge in [0, 0.05) is 25.2 Å². The summed E-state index contributed by atoms with van der Waals surface area (Å²) in [6.07, 6.45) is -2.37. The van der Waals surface area contributed by atoms with Crippen LogP contribution in [0.4, 0.5) is 13.2 Å². The molecule has 1 aliphatic rings. The molecule has 5 heteroatoms. The van der Waals surface area contributed by atoms with Crippen LogP contribution in [0.15, 0.2) is 24.3 Å². The number of hydrogen-bond donors (Lipinski definition) is 1. The van der Waals surface area contributed by atoms with Crippen molar-refractivity contribution in [2.24, 2.45) is 5.73 Å². The van der Waals surface area contributed by atoms with Crippen LogP contribution in [0.5, 0.6) is 0 Å². The van der Waals surface area contributed by atoms with Gasteiger partial charge in [0.05, 0.1) is 5.56 Å². The second kappa shape index (κ2) is 5.51. The highest BCUT2D eigenvalue weighted by molar-refractivity contribution is 5.26. The summed E-state index contributed by atoms with van der Waals surface area (Å²) in [6, 6.07) is 5.85. The molecule has 1 heterocycles. The number of nitrogens with zero attached hydrogens (tertiary/aromatic N) is 1. The number of likely N-dealkylation sites (tertiary alicyclic amines) is 1. The topological polar surface area (TPSA) is 29.3 Å². The number of halogens is 3. The predicted molar refractivity (Wildman–Crippen MR) is 68.6 cm³/mol. The van der Waals surface area contributed by atoms with Gasteiger partial charge in [0.1, 0.15) is 0 Å². The minimum Gasteiger partial charge on any atom is -0.328 e. The van der Waals surface area contributed by atoms with Crippen LogP contribution >= 0.6 is 0 Å². The van der Waals surface area contributed by atoms with Crippen LogP contribution in [-0.2, 0) is 6.18 Å². The average molecular weight is 272 g/mol. The molecule has 0 radical (unpaired) electrons. The van der Waals surface area contributed by atoms with Gasteiger partial charge in [-0.25, -0.2) is 0 Å². The second-order valence-electron chi connectivity index (χ2n) is 5.17. The first-order valence-electron chi connectivity index (χ1n) is 6.54. The molecule has 1 aliphatic heterocycles. The molecule has 1 unspecified atom stereocenters. The third-order valence-electron chi connectivity index (χ3n) is 3.84. The Bertz CT molecular complexity index is 406. The van der Waals surface area contributed by atoms with Crippen molar-refractivity contribution in [3.63, 3.8) is 0 Å². The van der Waals surface area contributed by atoms with E-state index in [4.69, 9.17) is 5.73 Å². The highest BCUT2D eigenvalue weighted by Crippen LogP contribution is 2.31. The van der Waals surface area contributed by atoms with Gasteiger partial charge in [0.25, 0.3) is 0 Å². The largest absolute Gasteiger partial charge is 0.416 e. The normalized spacial score (nSPS) is 20.5. The van der Waals surface area contributed by atoms with Gasteiger partial charge in [0.15, 0.2) is 0 Å². The summed E-state index contributed by atoms with van der Waals surface area (Å²) in [5, 5.41) is 0. The Morgan fingerprint density at radius 3 is 2.16 bits per heavy atom. The SMILES string of the molecule is CC(c1ccc(C(F)(F)F)cc1)N1CCC(N)CC1. The fourth-order valence-corrected chi connectivity index (χ4v) is 2.47. The summed E-state index contributed by atoms with van der Waals surface area (Å²) in [7, 11) is 0. The summed E-state index contributed by atoms with van der Waals surface area (Å²) >= 11 is 0. The van der Waals surface area contributed by atoms with Crippen LogP contribution in [0.2, 0.25) is 0 Å². The number of alkyl halides is 3. The van der Waals surface area contributed by atoms with Crippen LogP contribution < -0.4 is 5.73 Å². The van der Waals surface area contributed by atoms with Gasteiger partial charge in [-0.3, -0.25) is 4.90 Å². The van der Waals surface area contributed by atoms with E-state index in [9.17, 15) is 13.2 Å². The fraction of sp³-hybridized carbons (Fsp3) is 0.571. The Hall–Kier alpha value is -1.07. The molecule has 0 aromatic heterocycles. The molecule has 106 valence electrons. The van der Waals surface area contributed by atoms with Crippen molar-refractivity contribution in [1.29, 1.82) is 0 Å². The van der Waals surface area contributed by atoms with Crippen molar-refractivity contribution in [3.8, 4) is 0 Å². The Morgan fingerprint density at radius 1 is 1.16 bits per heavy atom. The van der Waals surface area contributed by atoms with E-state index in [2.05, 4.69) is 4.90 Å². The molecule has 1 fully saturated rings. The van der Waals surface area contributed by atoms with E-state index in [0.717, 1.165) is 43.6 Å². The van der Waals surface area contributed by atoms with E-state index in [0.29, 0.717) is 0 Å². The summed E-state index contributed by atoms with van der Waals surface area (Å²) in [5.41, 5.74) is 6.18. The lowest BCUT2D eigenvalue weighted by Gasteiger charge is -2.35. The summed E-state index contributed by atoms with van der Waals surface area (Å²) < 4.78 is 37.5. The summed E-state index contributed by atoms with van der Waals surface area (Å²) in [4.78, 5) is 2.27. The van der Waals surface area contributed by atoms with E-state index in [1.807, 2.05) is 6.92 Å². The standard InChI is InChI=1S/C14H19F3N2/c1-10(19-8-6-13(18)7-9-19)11-2-4-12(5-3-11)14(15,16)17/h2-5,10,13H,6-9,18H2,1H3. The molecule has 2 nitrogen and oxygen atoms in total. The van der Waals surface area contributed by atoms with Gasteiger partial charge in [-0.1, -0.05) is 12.1 Å². The van der Waals surface area contributed by atoms with Gasteiger partial charge in [0.2, 0.25) is 0 Å². The zero-order valence-corrected chi connectivity index (χ0v) is 11.0. The molecule has 1 aromatic rings. The predicted octanol–water partition coefficient (Wildman–Crippen LogP) is 3.19. The highest BCUT2D eigenvalue weighted by Gasteiger charge is 2.30. The van der Waals surface area contributed by atoms with Gasteiger partial charge >= 0.3 is 6.18 Å². The van der Waals surface area contributed by atoms with Crippen LogP contribution in [0.25, 0.3) is 0 Å². The molecule has 0 aliphatic carbocycles. The van der Waals surface area contributed by atoms with E-state index in [1.54, 1.807) is 12.1 Å². The molecule has 0 bridgehead atoms. The lowest BCUT2D eigenvalue weighted by atomic mass is 10.00. The van der Waals surface area contributed by atoms with Gasteiger partial charge in [-0.2, -0.15) is 13.2 Å². The van der Waals surface area contributed by atoms with E-state index in [-0.39, 0.29) is 12.1 Å². The van der Waals surface area contributed by atoms with Crippen molar-refractivity contribution in [2.45, 2.75) is 38.0 Å². The van der Waals surface area contributed by atoms with Crippen LogP contribution in [0.1, 0.15) is 36.9 Å². The van der Waals surface area contributed by atoms with Crippen molar-refractivity contribution in [2.75, 3.05) is 13.1 Å². The first kappa shape index (κ1) is 14.3. The Kier molecular flexibility index (Phi) is 4.16. The van der Waals surface area contributed by atoms with Crippen LogP contribution in [-0.4, -0.2) is 24.0 Å². The first-order valence-corrected chi connectivity index (χ1v) is 6.54. The molecule has 1 atom stereocenters. The molecule has 2 rings (SSSR count). The number of nitrogens with two attached hydrogens (primary N) is 1. The Balaban J connectivity index is 2.05. The average Bonchev–Trinajstić information content (AvgIpc) is 2.38. The summed E-state index contributed by atoms with van der Waals surface area (Å²) in [5.74, 6) is 0. The first-order chi connectivity index (χ1) is 8.88. The van der Waals surface area contributed by atoms with Crippen LogP contribution in [0, 0.1) is 0 Å². The number of benzene rings is 1. The molecule has 1 aromatic carbocycles. The van der Waals surface area contributed by atoms with E-state index >= 15 is 0 Å². The molecular weight excluding hydrogens is 253 g/mol. The van der Waals surface area contributed by atoms with Gasteiger partial charge in [-0.05, 0) is 37.5 Å². The molecule has 0 spiro atoms. The Morgan fingerprint density at radius 2 is 1.68 bits per heavy atom. The zero-order chi connectivity index (χ0) is 14.0. The van der Waals surface area contributed by atoms with Gasteiger partial charge in [-0.15, -0.1) is 0 Å². The molecule has 2 N–H and O–H groups in total. The smallest absolute Gasteiger partial charge is 0.328 e. The third kappa shape index (κ3) is 3.48. The zero-order valence-electron chi connectivity index (χ0n) is 11.0. The third-order valence-corrected chi connectivity index (χ3v) is 3.84. The van der Waals surface area contributed by atoms with E-state index in [1.165, 1.54) is 0 Å². The lowest BCUT2D eigenvalue weighted by molar-refractivity contribution is -0.137. The fourth-order valence-electron chi connectivity index (χ4n) is 2.47. The molecule has 1 saturated heterocycles. The molecule has 19 heavy (non-hydrogen) atoms. The van der Waals surface area contributed by atoms with Crippen molar-refractivity contribution in [3.05, 3.63) is 35.4 Å². The minimum atomic E-state index is -4.26. The monoisotopic (exact) mass is 272 g/mol. The van der Waals surface area contributed by atoms with Gasteiger partial charge < -0.3 is 5.73 Å². The lowest BCUT2D eigenvalue weighted by Crippen LogP contribution is -2.40. The number of piperidine rings is 1. The van der Waals surface area contributed by atoms with Crippen molar-refractivity contribution in [1.82, 2.24) is 4.90 Å². The maximum absolute atomic E-state index is 12.5. The highest BCUT2D eigenvalue weighted by atomic mass is 19.4. The molecule has 0 amide bonds. The van der Waals surface area contributed by atoms with Crippen LogP contribution in [0.3, 0.4) is 0 Å². The number of hydrogen-bond acceptors (Lipinski definition) is 2. The molecule has 0 saturated carbocycles. The quantitative estimate of drug-likeness (QED) is 0.896. The van der Waals surface area contributed by atoms with E-state index < -0.39 is 11.7 Å². The number of rotatable bonds is 2. The Labute approximate surface area is 111 Å². The second-order valence-corrected chi connectivity index (χ2v) is 5.17. The maximum Gasteiger partial charge on any atom is 0.416 e.